The van der Waals surface area contributed by atoms with Gasteiger partial charge in [-0.15, -0.1) is 34.0 Å². The molecule has 0 spiro atoms. The van der Waals surface area contributed by atoms with Crippen LogP contribution in [-0.2, 0) is 19.2 Å². The number of nitrogens with zero attached hydrogens (tertiary/aromatic N) is 4. The fraction of sp³-hybridized carbons (Fsp3) is 0.214. The van der Waals surface area contributed by atoms with Crippen molar-refractivity contribution >= 4 is 93.5 Å². The van der Waals surface area contributed by atoms with Gasteiger partial charge in [-0.25, -0.2) is 9.59 Å². The maximum atomic E-state index is 12.6. The Morgan fingerprint density at radius 3 is 1.38 bits per heavy atom. The van der Waals surface area contributed by atoms with Gasteiger partial charge in [-0.3, -0.25) is 38.8 Å². The summed E-state index contributed by atoms with van der Waals surface area (Å²) in [4.78, 5) is 83.1. The monoisotopic (exact) mass is 642 g/mol. The summed E-state index contributed by atoms with van der Waals surface area (Å²) >= 11 is 11.0. The number of amides is 8. The van der Waals surface area contributed by atoms with E-state index in [0.717, 1.165) is 50.2 Å². The number of barbiturate groups is 2. The molecule has 0 aliphatic carbocycles. The molecule has 5 heterocycles. The highest BCUT2D eigenvalue weighted by atomic mass is 35.5. The van der Waals surface area contributed by atoms with Crippen LogP contribution in [0, 0.1) is 13.8 Å². The van der Waals surface area contributed by atoms with Gasteiger partial charge >= 0.3 is 12.1 Å². The molecule has 216 valence electrons. The highest BCUT2D eigenvalue weighted by molar-refractivity contribution is 7.27. The van der Waals surface area contributed by atoms with Crippen LogP contribution >= 0.6 is 45.6 Å². The Labute approximate surface area is 257 Å². The second kappa shape index (κ2) is 10.7. The number of thiophene rings is 3. The molecule has 8 amide bonds. The number of carbonyl (C=O) groups excluding carboxylic acids is 6. The zero-order valence-corrected chi connectivity index (χ0v) is 26.4. The molecule has 0 radical (unpaired) electrons. The number of imide groups is 4. The standard InChI is InChI=1S/C28H23ClN4O6S3/c1-12-7-14(9-16-23(34)30(3)27(38)31(4)24(16)35)40-20(12)19-11-18(29)22(42-19)21-13(2)8-15(41-21)10-17-25(36)32(5)28(39)33(6)26(17)37/h7-11H,1-6H3. The quantitative estimate of drug-likeness (QED) is 0.280. The number of hydrogen-bond donors (Lipinski definition) is 0. The lowest BCUT2D eigenvalue weighted by Gasteiger charge is -2.28. The van der Waals surface area contributed by atoms with Crippen LogP contribution in [0.2, 0.25) is 5.02 Å². The lowest BCUT2D eigenvalue weighted by molar-refractivity contribution is -0.135. The van der Waals surface area contributed by atoms with Crippen LogP contribution in [0.1, 0.15) is 20.9 Å². The summed E-state index contributed by atoms with van der Waals surface area (Å²) in [7, 11) is 5.32. The van der Waals surface area contributed by atoms with E-state index in [2.05, 4.69) is 0 Å². The fourth-order valence-corrected chi connectivity index (χ4v) is 8.59. The molecule has 2 aliphatic rings. The van der Waals surface area contributed by atoms with Crippen molar-refractivity contribution in [3.05, 3.63) is 55.2 Å². The third kappa shape index (κ3) is 4.81. The lowest BCUT2D eigenvalue weighted by Crippen LogP contribution is -2.52. The number of rotatable bonds is 4. The van der Waals surface area contributed by atoms with Crippen LogP contribution < -0.4 is 0 Å². The molecule has 0 unspecified atom stereocenters. The first-order valence-electron chi connectivity index (χ1n) is 12.4. The van der Waals surface area contributed by atoms with E-state index in [0.29, 0.717) is 14.8 Å². The molecule has 0 atom stereocenters. The minimum absolute atomic E-state index is 0.0927. The molecular weight excluding hydrogens is 620 g/mol. The molecule has 2 saturated heterocycles. The Balaban J connectivity index is 1.47. The highest BCUT2D eigenvalue weighted by Crippen LogP contribution is 2.47. The van der Waals surface area contributed by atoms with Crippen LogP contribution in [0.5, 0.6) is 0 Å². The number of aryl methyl sites for hydroxylation is 2. The molecular formula is C28H23ClN4O6S3. The van der Waals surface area contributed by atoms with Crippen molar-refractivity contribution in [2.45, 2.75) is 13.8 Å². The summed E-state index contributed by atoms with van der Waals surface area (Å²) in [6, 6.07) is 4.22. The van der Waals surface area contributed by atoms with Crippen LogP contribution in [0.3, 0.4) is 0 Å². The van der Waals surface area contributed by atoms with E-state index in [1.165, 1.54) is 74.4 Å². The average Bonchev–Trinajstić information content (AvgIpc) is 3.64. The summed E-state index contributed by atoms with van der Waals surface area (Å²) in [5.41, 5.74) is 1.64. The van der Waals surface area contributed by atoms with Gasteiger partial charge in [-0.05, 0) is 55.3 Å². The highest BCUT2D eigenvalue weighted by Gasteiger charge is 2.39. The second-order valence-electron chi connectivity index (χ2n) is 9.75. The number of carbonyl (C=O) groups is 6. The smallest absolute Gasteiger partial charge is 0.268 e. The van der Waals surface area contributed by atoms with Crippen molar-refractivity contribution in [2.24, 2.45) is 0 Å². The van der Waals surface area contributed by atoms with E-state index >= 15 is 0 Å². The summed E-state index contributed by atoms with van der Waals surface area (Å²) in [6.45, 7) is 3.83. The van der Waals surface area contributed by atoms with Gasteiger partial charge in [-0.2, -0.15) is 0 Å². The van der Waals surface area contributed by atoms with E-state index in [9.17, 15) is 28.8 Å². The largest absolute Gasteiger partial charge is 0.333 e. The second-order valence-corrected chi connectivity index (χ2v) is 13.4. The molecule has 2 aliphatic heterocycles. The van der Waals surface area contributed by atoms with E-state index in [1.807, 2.05) is 32.0 Å². The number of hydrogen-bond acceptors (Lipinski definition) is 9. The topological polar surface area (TPSA) is 115 Å². The summed E-state index contributed by atoms with van der Waals surface area (Å²) in [6.07, 6.45) is 2.99. The normalized spacial score (nSPS) is 16.5. The first kappa shape index (κ1) is 29.6. The first-order chi connectivity index (χ1) is 19.7. The van der Waals surface area contributed by atoms with Crippen LogP contribution in [0.15, 0.2) is 29.3 Å². The van der Waals surface area contributed by atoms with Gasteiger partial charge < -0.3 is 0 Å². The molecule has 2 fully saturated rings. The minimum Gasteiger partial charge on any atom is -0.268 e. The zero-order valence-electron chi connectivity index (χ0n) is 23.2. The van der Waals surface area contributed by atoms with E-state index in [-0.39, 0.29) is 11.1 Å². The maximum absolute atomic E-state index is 12.6. The Hall–Kier alpha value is -3.91. The van der Waals surface area contributed by atoms with E-state index in [4.69, 9.17) is 11.6 Å². The molecule has 0 bridgehead atoms. The Morgan fingerprint density at radius 2 is 0.952 bits per heavy atom. The van der Waals surface area contributed by atoms with Crippen LogP contribution in [0.25, 0.3) is 31.7 Å². The molecule has 42 heavy (non-hydrogen) atoms. The van der Waals surface area contributed by atoms with E-state index < -0.39 is 35.7 Å². The van der Waals surface area contributed by atoms with Gasteiger partial charge in [-0.1, -0.05) is 11.6 Å². The zero-order chi connectivity index (χ0) is 30.8. The minimum atomic E-state index is -0.682. The molecule has 3 aromatic rings. The predicted molar refractivity (Wildman–Crippen MR) is 163 cm³/mol. The van der Waals surface area contributed by atoms with Crippen molar-refractivity contribution < 1.29 is 28.8 Å². The predicted octanol–water partition coefficient (Wildman–Crippen LogP) is 5.34. The van der Waals surface area contributed by atoms with Crippen molar-refractivity contribution in [1.82, 2.24) is 19.6 Å². The lowest BCUT2D eigenvalue weighted by atomic mass is 10.1. The first-order valence-corrected chi connectivity index (χ1v) is 15.2. The van der Waals surface area contributed by atoms with Crippen molar-refractivity contribution in [3.63, 3.8) is 0 Å². The Bertz CT molecular complexity index is 1760. The van der Waals surface area contributed by atoms with Crippen molar-refractivity contribution in [3.8, 4) is 19.5 Å². The number of urea groups is 2. The van der Waals surface area contributed by atoms with Gasteiger partial charge in [0.05, 0.1) is 9.90 Å². The number of halogens is 1. The molecule has 14 heteroatoms. The van der Waals surface area contributed by atoms with Gasteiger partial charge in [0, 0.05) is 52.6 Å². The van der Waals surface area contributed by atoms with Gasteiger partial charge in [0.2, 0.25) is 0 Å². The van der Waals surface area contributed by atoms with Gasteiger partial charge in [0.1, 0.15) is 11.1 Å². The molecule has 0 N–H and O–H groups in total. The third-order valence-corrected chi connectivity index (χ3v) is 11.1. The third-order valence-electron chi connectivity index (χ3n) is 6.85. The summed E-state index contributed by atoms with van der Waals surface area (Å²) in [5.74, 6) is -2.63. The van der Waals surface area contributed by atoms with E-state index in [1.54, 1.807) is 0 Å². The van der Waals surface area contributed by atoms with Crippen LogP contribution in [0.4, 0.5) is 9.59 Å². The molecule has 10 nitrogen and oxygen atoms in total. The SMILES string of the molecule is Cc1cc(C=C2C(=O)N(C)C(=O)N(C)C2=O)sc1-c1cc(Cl)c(-c2sc(C=C3C(=O)N(C)C(=O)N(C)C3=O)cc2C)s1. The van der Waals surface area contributed by atoms with Crippen molar-refractivity contribution in [2.75, 3.05) is 28.2 Å². The summed E-state index contributed by atoms with van der Waals surface area (Å²) in [5, 5.41) is 0.529. The van der Waals surface area contributed by atoms with Gasteiger partial charge in [0.25, 0.3) is 23.6 Å². The van der Waals surface area contributed by atoms with Gasteiger partial charge in [0.15, 0.2) is 0 Å². The average molecular weight is 643 g/mol. The molecule has 3 aromatic heterocycles. The molecule has 5 rings (SSSR count). The van der Waals surface area contributed by atoms with Crippen molar-refractivity contribution in [1.29, 1.82) is 0 Å². The molecule has 0 saturated carbocycles. The Kier molecular flexibility index (Phi) is 7.56. The number of likely N-dealkylation sites (N-methyl/N-ethyl adjacent to an activating group) is 4. The molecule has 0 aromatic carbocycles. The maximum Gasteiger partial charge on any atom is 0.333 e. The Morgan fingerprint density at radius 1 is 0.571 bits per heavy atom. The van der Waals surface area contributed by atoms with Crippen LogP contribution in [-0.4, -0.2) is 83.5 Å². The fourth-order valence-electron chi connectivity index (χ4n) is 4.50. The summed E-state index contributed by atoms with van der Waals surface area (Å²) < 4.78 is 0.